The molecular weight excluding hydrogens is 221 g/mol. The van der Waals surface area contributed by atoms with E-state index in [1.54, 1.807) is 18.2 Å². The molecule has 0 aliphatic rings. The van der Waals surface area contributed by atoms with Crippen LogP contribution in [0.15, 0.2) is 24.3 Å². The Morgan fingerprint density at radius 1 is 1.41 bits per heavy atom. The van der Waals surface area contributed by atoms with Gasteiger partial charge in [0.15, 0.2) is 0 Å². The standard InChI is InChI=1S/C12H14FN3O/c1-8-9(7-14)12(17-2)16(15-8)11-6-4-3-5-10(11)13/h3-6H,7,14H2,1-2H3. The molecule has 17 heavy (non-hydrogen) atoms. The van der Waals surface area contributed by atoms with Gasteiger partial charge in [-0.15, -0.1) is 0 Å². The molecule has 0 saturated heterocycles. The molecule has 0 aliphatic carbocycles. The number of hydrogen-bond acceptors (Lipinski definition) is 3. The van der Waals surface area contributed by atoms with Gasteiger partial charge in [0.1, 0.15) is 11.5 Å². The van der Waals surface area contributed by atoms with Gasteiger partial charge in [-0.05, 0) is 19.1 Å². The Hall–Kier alpha value is -1.88. The van der Waals surface area contributed by atoms with Gasteiger partial charge in [0.25, 0.3) is 0 Å². The minimum atomic E-state index is -0.350. The van der Waals surface area contributed by atoms with Crippen LogP contribution in [0.25, 0.3) is 5.69 Å². The Morgan fingerprint density at radius 3 is 2.71 bits per heavy atom. The van der Waals surface area contributed by atoms with E-state index in [9.17, 15) is 4.39 Å². The predicted octanol–water partition coefficient (Wildman–Crippen LogP) is 1.79. The van der Waals surface area contributed by atoms with Crippen molar-refractivity contribution in [1.82, 2.24) is 9.78 Å². The highest BCUT2D eigenvalue weighted by atomic mass is 19.1. The van der Waals surface area contributed by atoms with Crippen molar-refractivity contribution in [3.63, 3.8) is 0 Å². The number of benzene rings is 1. The van der Waals surface area contributed by atoms with Gasteiger partial charge in [0.05, 0.1) is 18.4 Å². The molecule has 2 aromatic rings. The summed E-state index contributed by atoms with van der Waals surface area (Å²) < 4.78 is 20.4. The van der Waals surface area contributed by atoms with Crippen molar-refractivity contribution in [2.45, 2.75) is 13.5 Å². The van der Waals surface area contributed by atoms with Gasteiger partial charge in [-0.2, -0.15) is 9.78 Å². The van der Waals surface area contributed by atoms with Gasteiger partial charge in [0, 0.05) is 6.54 Å². The molecule has 0 aliphatic heterocycles. The second-order valence-electron chi connectivity index (χ2n) is 3.64. The third-order valence-electron chi connectivity index (χ3n) is 2.62. The van der Waals surface area contributed by atoms with E-state index in [0.29, 0.717) is 18.1 Å². The number of aromatic nitrogens is 2. The Labute approximate surface area is 98.8 Å². The van der Waals surface area contributed by atoms with Gasteiger partial charge in [0.2, 0.25) is 5.88 Å². The highest BCUT2D eigenvalue weighted by Crippen LogP contribution is 2.26. The van der Waals surface area contributed by atoms with E-state index in [2.05, 4.69) is 5.10 Å². The topological polar surface area (TPSA) is 53.1 Å². The van der Waals surface area contributed by atoms with Crippen LogP contribution in [0.1, 0.15) is 11.3 Å². The molecule has 2 N–H and O–H groups in total. The van der Waals surface area contributed by atoms with E-state index < -0.39 is 0 Å². The van der Waals surface area contributed by atoms with Crippen LogP contribution in [0.2, 0.25) is 0 Å². The van der Waals surface area contributed by atoms with E-state index in [1.165, 1.54) is 17.9 Å². The van der Waals surface area contributed by atoms with Crippen LogP contribution in [-0.4, -0.2) is 16.9 Å². The summed E-state index contributed by atoms with van der Waals surface area (Å²) in [5.41, 5.74) is 7.51. The molecule has 4 nitrogen and oxygen atoms in total. The molecule has 1 heterocycles. The van der Waals surface area contributed by atoms with Crippen molar-refractivity contribution in [3.8, 4) is 11.6 Å². The zero-order valence-electron chi connectivity index (χ0n) is 9.77. The molecule has 0 fully saturated rings. The lowest BCUT2D eigenvalue weighted by Crippen LogP contribution is -2.04. The Balaban J connectivity index is 2.64. The first kappa shape index (κ1) is 11.6. The number of ether oxygens (including phenoxy) is 1. The lowest BCUT2D eigenvalue weighted by Gasteiger charge is -2.07. The largest absolute Gasteiger partial charge is 0.481 e. The van der Waals surface area contributed by atoms with Crippen molar-refractivity contribution in [2.75, 3.05) is 7.11 Å². The summed E-state index contributed by atoms with van der Waals surface area (Å²) in [5.74, 6) is 0.131. The third-order valence-corrected chi connectivity index (χ3v) is 2.62. The molecule has 0 atom stereocenters. The molecule has 0 unspecified atom stereocenters. The van der Waals surface area contributed by atoms with E-state index in [-0.39, 0.29) is 5.82 Å². The fraction of sp³-hybridized carbons (Fsp3) is 0.250. The number of methoxy groups -OCH3 is 1. The SMILES string of the molecule is COc1c(CN)c(C)nn1-c1ccccc1F. The molecule has 2 rings (SSSR count). The van der Waals surface area contributed by atoms with E-state index in [0.717, 1.165) is 11.3 Å². The Bertz CT molecular complexity index is 537. The average Bonchev–Trinajstić information content (AvgIpc) is 2.65. The number of aryl methyl sites for hydroxylation is 1. The minimum Gasteiger partial charge on any atom is -0.481 e. The van der Waals surface area contributed by atoms with Crippen LogP contribution in [0, 0.1) is 12.7 Å². The first-order chi connectivity index (χ1) is 8.19. The Morgan fingerprint density at radius 2 is 2.12 bits per heavy atom. The molecule has 5 heteroatoms. The summed E-state index contributed by atoms with van der Waals surface area (Å²) in [6.45, 7) is 2.13. The number of hydrogen-bond donors (Lipinski definition) is 1. The molecule has 1 aromatic heterocycles. The van der Waals surface area contributed by atoms with Crippen molar-refractivity contribution >= 4 is 0 Å². The van der Waals surface area contributed by atoms with Crippen LogP contribution in [-0.2, 0) is 6.54 Å². The van der Waals surface area contributed by atoms with Crippen molar-refractivity contribution in [2.24, 2.45) is 5.73 Å². The first-order valence-electron chi connectivity index (χ1n) is 5.26. The molecule has 0 radical (unpaired) electrons. The molecular formula is C12H14FN3O. The predicted molar refractivity (Wildman–Crippen MR) is 62.7 cm³/mol. The smallest absolute Gasteiger partial charge is 0.221 e. The second-order valence-corrected chi connectivity index (χ2v) is 3.64. The average molecular weight is 235 g/mol. The fourth-order valence-corrected chi connectivity index (χ4v) is 1.77. The van der Waals surface area contributed by atoms with Gasteiger partial charge >= 0.3 is 0 Å². The van der Waals surface area contributed by atoms with E-state index >= 15 is 0 Å². The van der Waals surface area contributed by atoms with Crippen LogP contribution in [0.5, 0.6) is 5.88 Å². The Kier molecular flexibility index (Phi) is 3.10. The number of nitrogens with zero attached hydrogens (tertiary/aromatic N) is 2. The number of rotatable bonds is 3. The molecule has 90 valence electrons. The van der Waals surface area contributed by atoms with Crippen molar-refractivity contribution in [1.29, 1.82) is 0 Å². The lowest BCUT2D eigenvalue weighted by molar-refractivity contribution is 0.377. The van der Waals surface area contributed by atoms with Gasteiger partial charge in [-0.25, -0.2) is 4.39 Å². The highest BCUT2D eigenvalue weighted by molar-refractivity contribution is 5.41. The molecule has 0 bridgehead atoms. The quantitative estimate of drug-likeness (QED) is 0.882. The van der Waals surface area contributed by atoms with E-state index in [1.807, 2.05) is 6.92 Å². The minimum absolute atomic E-state index is 0.309. The molecule has 0 amide bonds. The molecule has 0 saturated carbocycles. The van der Waals surface area contributed by atoms with E-state index in [4.69, 9.17) is 10.5 Å². The maximum Gasteiger partial charge on any atom is 0.221 e. The second kappa shape index (κ2) is 4.55. The maximum atomic E-state index is 13.7. The van der Waals surface area contributed by atoms with Crippen molar-refractivity contribution < 1.29 is 9.13 Å². The van der Waals surface area contributed by atoms with Crippen LogP contribution < -0.4 is 10.5 Å². The van der Waals surface area contributed by atoms with Gasteiger partial charge in [-0.1, -0.05) is 12.1 Å². The maximum absolute atomic E-state index is 13.7. The number of halogens is 1. The summed E-state index contributed by atoms with van der Waals surface area (Å²) >= 11 is 0. The van der Waals surface area contributed by atoms with Gasteiger partial charge < -0.3 is 10.5 Å². The molecule has 1 aromatic carbocycles. The van der Waals surface area contributed by atoms with Crippen LogP contribution in [0.3, 0.4) is 0 Å². The summed E-state index contributed by atoms with van der Waals surface area (Å²) in [6.07, 6.45) is 0. The zero-order chi connectivity index (χ0) is 12.4. The molecule has 0 spiro atoms. The van der Waals surface area contributed by atoms with Crippen molar-refractivity contribution in [3.05, 3.63) is 41.3 Å². The fourth-order valence-electron chi connectivity index (χ4n) is 1.77. The third kappa shape index (κ3) is 1.89. The first-order valence-corrected chi connectivity index (χ1v) is 5.26. The number of nitrogens with two attached hydrogens (primary N) is 1. The summed E-state index contributed by atoms with van der Waals surface area (Å²) in [7, 11) is 1.52. The summed E-state index contributed by atoms with van der Waals surface area (Å²) in [5, 5.41) is 4.26. The monoisotopic (exact) mass is 235 g/mol. The summed E-state index contributed by atoms with van der Waals surface area (Å²) in [6, 6.07) is 6.40. The lowest BCUT2D eigenvalue weighted by atomic mass is 10.2. The van der Waals surface area contributed by atoms with Crippen LogP contribution in [0.4, 0.5) is 4.39 Å². The van der Waals surface area contributed by atoms with Gasteiger partial charge in [-0.3, -0.25) is 0 Å². The normalized spacial score (nSPS) is 10.6. The van der Waals surface area contributed by atoms with Crippen LogP contribution >= 0.6 is 0 Å². The zero-order valence-corrected chi connectivity index (χ0v) is 9.77. The number of para-hydroxylation sites is 1. The summed E-state index contributed by atoms with van der Waals surface area (Å²) in [4.78, 5) is 0. The highest BCUT2D eigenvalue weighted by Gasteiger charge is 2.17.